The highest BCUT2D eigenvalue weighted by Gasteiger charge is 2.18. The Balaban J connectivity index is 1.16. The van der Waals surface area contributed by atoms with Gasteiger partial charge in [-0.2, -0.15) is 0 Å². The fourth-order valence-electron chi connectivity index (χ4n) is 4.65. The normalized spacial score (nSPS) is 14.8. The average Bonchev–Trinajstić information content (AvgIpc) is 3.43. The first kappa shape index (κ1) is 24.1. The summed E-state index contributed by atoms with van der Waals surface area (Å²) in [5.41, 5.74) is 4.33. The summed E-state index contributed by atoms with van der Waals surface area (Å²) in [6.07, 6.45) is 4.60. The number of hydrogen-bond donors (Lipinski definition) is 0. The monoisotopic (exact) mass is 510 g/mol. The molecule has 184 valence electrons. The van der Waals surface area contributed by atoms with Crippen LogP contribution in [0.4, 0.5) is 0 Å². The van der Waals surface area contributed by atoms with Crippen molar-refractivity contribution in [3.8, 4) is 11.4 Å². The molecule has 2 aromatic heterocycles. The second kappa shape index (κ2) is 10.2. The molecule has 0 amide bonds. The third-order valence-corrected chi connectivity index (χ3v) is 9.57. The van der Waals surface area contributed by atoms with E-state index in [9.17, 15) is 8.42 Å². The molecule has 9 heteroatoms. The summed E-state index contributed by atoms with van der Waals surface area (Å²) in [4.78, 5) is 2.94. The molecule has 1 aliphatic rings. The van der Waals surface area contributed by atoms with Crippen LogP contribution in [0.15, 0.2) is 63.2 Å². The van der Waals surface area contributed by atoms with E-state index in [-0.39, 0.29) is 5.75 Å². The Morgan fingerprint density at radius 1 is 1.06 bits per heavy atom. The summed E-state index contributed by atoms with van der Waals surface area (Å²) in [6, 6.07) is 13.6. The second-order valence-corrected chi connectivity index (χ2v) is 12.2. The average molecular weight is 511 g/mol. The Bertz CT molecular complexity index is 1440. The molecule has 0 radical (unpaired) electrons. The van der Waals surface area contributed by atoms with Crippen LogP contribution < -0.4 is 0 Å². The van der Waals surface area contributed by atoms with Crippen LogP contribution in [0.1, 0.15) is 24.5 Å². The molecule has 7 nitrogen and oxygen atoms in total. The van der Waals surface area contributed by atoms with E-state index in [0.29, 0.717) is 4.90 Å². The molecular weight excluding hydrogens is 480 g/mol. The first-order chi connectivity index (χ1) is 17.0. The van der Waals surface area contributed by atoms with Gasteiger partial charge in [0, 0.05) is 36.8 Å². The van der Waals surface area contributed by atoms with E-state index in [0.717, 1.165) is 72.2 Å². The van der Waals surface area contributed by atoms with Gasteiger partial charge >= 0.3 is 0 Å². The van der Waals surface area contributed by atoms with Crippen LogP contribution in [-0.4, -0.2) is 59.2 Å². The molecule has 2 aromatic carbocycles. The third kappa shape index (κ3) is 5.03. The number of rotatable bonds is 8. The summed E-state index contributed by atoms with van der Waals surface area (Å²) >= 11 is 1.73. The van der Waals surface area contributed by atoms with E-state index in [2.05, 4.69) is 19.7 Å². The zero-order valence-electron chi connectivity index (χ0n) is 20.1. The Kier molecular flexibility index (Phi) is 7.00. The molecule has 0 bridgehead atoms. The predicted molar refractivity (Wildman–Crippen MR) is 140 cm³/mol. The lowest BCUT2D eigenvalue weighted by molar-refractivity contribution is 0.289. The van der Waals surface area contributed by atoms with Crippen LogP contribution in [-0.2, 0) is 29.7 Å². The first-order valence-corrected chi connectivity index (χ1v) is 14.7. The van der Waals surface area contributed by atoms with Crippen molar-refractivity contribution in [1.29, 1.82) is 0 Å². The lowest BCUT2D eigenvalue weighted by Crippen LogP contribution is -2.27. The van der Waals surface area contributed by atoms with Crippen molar-refractivity contribution in [2.45, 2.75) is 36.2 Å². The maximum Gasteiger partial charge on any atom is 0.191 e. The largest absolute Gasteiger partial charge is 0.464 e. The van der Waals surface area contributed by atoms with E-state index in [1.807, 2.05) is 43.4 Å². The molecule has 0 atom stereocenters. The fourth-order valence-corrected chi connectivity index (χ4v) is 6.41. The number of nitrogens with zero attached hydrogens (tertiary/aromatic N) is 4. The molecule has 3 heterocycles. The second-order valence-electron chi connectivity index (χ2n) is 8.88. The van der Waals surface area contributed by atoms with E-state index in [1.54, 1.807) is 31.0 Å². The Morgan fingerprint density at radius 3 is 2.71 bits per heavy atom. The number of furan rings is 1. The van der Waals surface area contributed by atoms with Crippen molar-refractivity contribution in [2.24, 2.45) is 7.05 Å². The molecule has 5 rings (SSSR count). The van der Waals surface area contributed by atoms with Crippen molar-refractivity contribution in [2.75, 3.05) is 31.1 Å². The minimum Gasteiger partial charge on any atom is -0.464 e. The van der Waals surface area contributed by atoms with E-state index in [1.165, 1.54) is 11.1 Å². The number of benzene rings is 2. The molecule has 0 saturated carbocycles. The van der Waals surface area contributed by atoms with Crippen molar-refractivity contribution in [3.63, 3.8) is 0 Å². The van der Waals surface area contributed by atoms with Gasteiger partial charge in [0.2, 0.25) is 0 Å². The Morgan fingerprint density at radius 2 is 1.89 bits per heavy atom. The fraction of sp³-hybridized carbons (Fsp3) is 0.385. The summed E-state index contributed by atoms with van der Waals surface area (Å²) < 4.78 is 32.1. The van der Waals surface area contributed by atoms with Gasteiger partial charge in [0.05, 0.1) is 16.9 Å². The SMILES string of the molecule is CCS(=O)(=O)c1ccc2c(c1)CCN(CCCSc1nnc(-c3cccc4occc34)n1C)CC2. The van der Waals surface area contributed by atoms with Crippen LogP contribution in [0.5, 0.6) is 0 Å². The van der Waals surface area contributed by atoms with Crippen molar-refractivity contribution >= 4 is 32.6 Å². The van der Waals surface area contributed by atoms with Gasteiger partial charge in [-0.15, -0.1) is 10.2 Å². The molecule has 0 spiro atoms. The van der Waals surface area contributed by atoms with Crippen molar-refractivity contribution in [1.82, 2.24) is 19.7 Å². The standard InChI is InChI=1S/C26H30N4O3S2/c1-3-35(31,32)21-9-8-19-10-14-30(15-11-20(19)18-21)13-5-17-34-26-28-27-25(29(26)2)23-6-4-7-24-22(23)12-16-33-24/h4,6-9,12,16,18H,3,5,10-11,13-15,17H2,1-2H3. The summed E-state index contributed by atoms with van der Waals surface area (Å²) in [6.45, 7) is 4.67. The van der Waals surface area contributed by atoms with E-state index < -0.39 is 9.84 Å². The summed E-state index contributed by atoms with van der Waals surface area (Å²) in [7, 11) is -1.15. The predicted octanol–water partition coefficient (Wildman–Crippen LogP) is 4.60. The molecule has 1 aliphatic heterocycles. The van der Waals surface area contributed by atoms with Crippen LogP contribution in [0, 0.1) is 0 Å². The third-order valence-electron chi connectivity index (χ3n) is 6.73. The van der Waals surface area contributed by atoms with Crippen LogP contribution in [0.3, 0.4) is 0 Å². The molecular formula is C26H30N4O3S2. The maximum absolute atomic E-state index is 12.3. The summed E-state index contributed by atoms with van der Waals surface area (Å²) in [5.74, 6) is 1.94. The lowest BCUT2D eigenvalue weighted by atomic mass is 10.0. The molecule has 4 aromatic rings. The van der Waals surface area contributed by atoms with Gasteiger partial charge in [-0.3, -0.25) is 0 Å². The van der Waals surface area contributed by atoms with Crippen molar-refractivity contribution < 1.29 is 12.8 Å². The Labute approximate surface area is 210 Å². The Hall–Kier alpha value is -2.62. The molecule has 0 aliphatic carbocycles. The highest BCUT2D eigenvalue weighted by Crippen LogP contribution is 2.30. The molecule has 0 saturated heterocycles. The van der Waals surface area contributed by atoms with Gasteiger partial charge in [-0.05, 0) is 61.2 Å². The smallest absolute Gasteiger partial charge is 0.191 e. The zero-order valence-corrected chi connectivity index (χ0v) is 21.7. The van der Waals surface area contributed by atoms with Gasteiger partial charge in [0.15, 0.2) is 20.8 Å². The first-order valence-electron chi connectivity index (χ1n) is 12.0. The van der Waals surface area contributed by atoms with E-state index >= 15 is 0 Å². The van der Waals surface area contributed by atoms with Gasteiger partial charge in [0.25, 0.3) is 0 Å². The highest BCUT2D eigenvalue weighted by atomic mass is 32.2. The van der Waals surface area contributed by atoms with Crippen LogP contribution in [0.25, 0.3) is 22.4 Å². The number of thioether (sulfide) groups is 1. The number of sulfone groups is 1. The number of fused-ring (bicyclic) bond motifs is 2. The van der Waals surface area contributed by atoms with Gasteiger partial charge in [-0.25, -0.2) is 8.42 Å². The molecule has 35 heavy (non-hydrogen) atoms. The van der Waals surface area contributed by atoms with Crippen molar-refractivity contribution in [3.05, 3.63) is 59.9 Å². The topological polar surface area (TPSA) is 81.2 Å². The molecule has 0 fully saturated rings. The summed E-state index contributed by atoms with van der Waals surface area (Å²) in [5, 5.41) is 10.8. The molecule has 0 unspecified atom stereocenters. The number of aromatic nitrogens is 3. The zero-order chi connectivity index (χ0) is 24.4. The number of hydrogen-bond acceptors (Lipinski definition) is 7. The maximum atomic E-state index is 12.3. The highest BCUT2D eigenvalue weighted by molar-refractivity contribution is 7.99. The quantitative estimate of drug-likeness (QED) is 0.253. The minimum atomic E-state index is -3.16. The van der Waals surface area contributed by atoms with Gasteiger partial charge in [-0.1, -0.05) is 36.9 Å². The van der Waals surface area contributed by atoms with Crippen LogP contribution in [0.2, 0.25) is 0 Å². The van der Waals surface area contributed by atoms with Gasteiger partial charge in [0.1, 0.15) is 5.58 Å². The van der Waals surface area contributed by atoms with Gasteiger partial charge < -0.3 is 13.9 Å². The van der Waals surface area contributed by atoms with Crippen LogP contribution >= 0.6 is 11.8 Å². The molecule has 0 N–H and O–H groups in total. The lowest BCUT2D eigenvalue weighted by Gasteiger charge is -2.19. The minimum absolute atomic E-state index is 0.140. The van der Waals surface area contributed by atoms with E-state index in [4.69, 9.17) is 4.42 Å².